The molecule has 0 bridgehead atoms. The van der Waals surface area contributed by atoms with Crippen molar-refractivity contribution < 1.29 is 0 Å². The number of halogens is 1. The molecule has 1 aliphatic rings. The van der Waals surface area contributed by atoms with Gasteiger partial charge < -0.3 is 5.73 Å². The molecule has 1 atom stereocenters. The van der Waals surface area contributed by atoms with Crippen molar-refractivity contribution in [3.8, 4) is 0 Å². The van der Waals surface area contributed by atoms with E-state index in [0.29, 0.717) is 11.2 Å². The fraction of sp³-hybridized carbons (Fsp3) is 0.455. The summed E-state index contributed by atoms with van der Waals surface area (Å²) in [5.41, 5.74) is 5.69. The van der Waals surface area contributed by atoms with Gasteiger partial charge in [-0.15, -0.1) is 35.1 Å². The van der Waals surface area contributed by atoms with Crippen LogP contribution in [0.25, 0.3) is 0 Å². The Morgan fingerprint density at radius 2 is 2.32 bits per heavy atom. The second-order valence-corrected chi connectivity index (χ2v) is 7.32. The Bertz CT molecular complexity index is 502. The van der Waals surface area contributed by atoms with E-state index >= 15 is 0 Å². The fourth-order valence-corrected chi connectivity index (χ4v) is 4.76. The van der Waals surface area contributed by atoms with E-state index in [4.69, 9.17) is 5.73 Å². The molecule has 1 fully saturated rings. The summed E-state index contributed by atoms with van der Waals surface area (Å²) in [6.07, 6.45) is 3.78. The maximum Gasteiger partial charge on any atom is 0.180 e. The van der Waals surface area contributed by atoms with Gasteiger partial charge in [0.15, 0.2) is 5.13 Å². The minimum atomic E-state index is 0. The molecule has 0 radical (unpaired) electrons. The maximum absolute atomic E-state index is 5.69. The highest BCUT2D eigenvalue weighted by Crippen LogP contribution is 2.32. The number of aromatic nitrogens is 2. The van der Waals surface area contributed by atoms with Crippen molar-refractivity contribution in [3.63, 3.8) is 0 Å². The van der Waals surface area contributed by atoms with Gasteiger partial charge >= 0.3 is 0 Å². The fourth-order valence-electron chi connectivity index (χ4n) is 2.05. The van der Waals surface area contributed by atoms with Gasteiger partial charge in [0.1, 0.15) is 5.01 Å². The number of nitrogen functional groups attached to an aromatic ring is 1. The lowest BCUT2D eigenvalue weighted by atomic mass is 10.2. The molecule has 8 heteroatoms. The summed E-state index contributed by atoms with van der Waals surface area (Å²) in [6.45, 7) is 2.03. The minimum Gasteiger partial charge on any atom is -0.375 e. The lowest BCUT2D eigenvalue weighted by Crippen LogP contribution is -2.35. The second kappa shape index (κ2) is 6.90. The first-order valence-electron chi connectivity index (χ1n) is 5.74. The molecule has 1 unspecified atom stereocenters. The molecule has 1 saturated heterocycles. The molecule has 0 spiro atoms. The van der Waals surface area contributed by atoms with Crippen molar-refractivity contribution in [2.45, 2.75) is 12.6 Å². The smallest absolute Gasteiger partial charge is 0.180 e. The van der Waals surface area contributed by atoms with Gasteiger partial charge in [0.05, 0.1) is 6.04 Å². The summed E-state index contributed by atoms with van der Waals surface area (Å²) in [6, 6.07) is 0.437. The van der Waals surface area contributed by atoms with Crippen LogP contribution in [-0.2, 0) is 6.54 Å². The summed E-state index contributed by atoms with van der Waals surface area (Å²) in [7, 11) is 0. The van der Waals surface area contributed by atoms with Crippen LogP contribution in [0.3, 0.4) is 0 Å². The van der Waals surface area contributed by atoms with Gasteiger partial charge in [-0.1, -0.05) is 0 Å². The predicted octanol–water partition coefficient (Wildman–Crippen LogP) is 2.89. The van der Waals surface area contributed by atoms with Gasteiger partial charge in [-0.25, -0.2) is 9.97 Å². The SMILES string of the molecule is Cl.Nc1ncc(CN2CCSCC2c2nccs2)s1. The molecule has 3 heterocycles. The number of thiazole rings is 2. The zero-order chi connectivity index (χ0) is 12.4. The number of rotatable bonds is 3. The lowest BCUT2D eigenvalue weighted by Gasteiger charge is -2.33. The monoisotopic (exact) mass is 334 g/mol. The topological polar surface area (TPSA) is 55.0 Å². The molecule has 3 rings (SSSR count). The van der Waals surface area contributed by atoms with Gasteiger partial charge in [0.2, 0.25) is 0 Å². The van der Waals surface area contributed by atoms with Crippen LogP contribution in [0.4, 0.5) is 5.13 Å². The Labute approximate surface area is 130 Å². The van der Waals surface area contributed by atoms with Crippen LogP contribution in [0.2, 0.25) is 0 Å². The molecule has 104 valence electrons. The molecule has 0 saturated carbocycles. The largest absolute Gasteiger partial charge is 0.375 e. The van der Waals surface area contributed by atoms with E-state index in [1.807, 2.05) is 24.2 Å². The molecule has 4 nitrogen and oxygen atoms in total. The maximum atomic E-state index is 5.69. The molecule has 1 aliphatic heterocycles. The van der Waals surface area contributed by atoms with Gasteiger partial charge in [0.25, 0.3) is 0 Å². The zero-order valence-corrected chi connectivity index (χ0v) is 13.5. The molecular weight excluding hydrogens is 320 g/mol. The number of anilines is 1. The molecule has 19 heavy (non-hydrogen) atoms. The minimum absolute atomic E-state index is 0. The first-order chi connectivity index (χ1) is 8.83. The normalized spacial score (nSPS) is 20.1. The van der Waals surface area contributed by atoms with Gasteiger partial charge in [-0.05, 0) is 0 Å². The number of nitrogens with two attached hydrogens (primary N) is 1. The highest BCUT2D eigenvalue weighted by Gasteiger charge is 2.26. The third-order valence-electron chi connectivity index (χ3n) is 2.91. The summed E-state index contributed by atoms with van der Waals surface area (Å²) in [4.78, 5) is 12.3. The van der Waals surface area contributed by atoms with Gasteiger partial charge in [-0.2, -0.15) is 11.8 Å². The lowest BCUT2D eigenvalue weighted by molar-refractivity contribution is 0.213. The predicted molar refractivity (Wildman–Crippen MR) is 86.4 cm³/mol. The van der Waals surface area contributed by atoms with E-state index < -0.39 is 0 Å². The summed E-state index contributed by atoms with van der Waals surface area (Å²) in [5.74, 6) is 2.32. The van der Waals surface area contributed by atoms with Crippen molar-refractivity contribution in [1.82, 2.24) is 14.9 Å². The van der Waals surface area contributed by atoms with Crippen LogP contribution in [-0.4, -0.2) is 32.9 Å². The average Bonchev–Trinajstić information content (AvgIpc) is 3.02. The Kier molecular flexibility index (Phi) is 5.47. The van der Waals surface area contributed by atoms with Crippen molar-refractivity contribution in [3.05, 3.63) is 27.7 Å². The Morgan fingerprint density at radius 3 is 3.00 bits per heavy atom. The molecular formula is C11H15ClN4S3. The third-order valence-corrected chi connectivity index (χ3v) is 5.62. The standard InChI is InChI=1S/C11H14N4S3.ClH/c12-11-14-5-8(18-11)6-15-2-4-16-7-9(15)10-13-1-3-17-10;/h1,3,5,9H,2,4,6-7H2,(H2,12,14);1H. The molecule has 2 aromatic heterocycles. The van der Waals surface area contributed by atoms with E-state index in [0.717, 1.165) is 18.8 Å². The third kappa shape index (κ3) is 3.61. The summed E-state index contributed by atoms with van der Waals surface area (Å²) >= 11 is 5.34. The van der Waals surface area contributed by atoms with Crippen LogP contribution in [0, 0.1) is 0 Å². The van der Waals surface area contributed by atoms with Crippen molar-refractivity contribution in [2.24, 2.45) is 0 Å². The number of nitrogens with zero attached hydrogens (tertiary/aromatic N) is 3. The van der Waals surface area contributed by atoms with E-state index in [-0.39, 0.29) is 12.4 Å². The summed E-state index contributed by atoms with van der Waals surface area (Å²) < 4.78 is 0. The first kappa shape index (κ1) is 15.1. The number of thioether (sulfide) groups is 1. The molecule has 0 aliphatic carbocycles. The Balaban J connectivity index is 0.00000133. The Morgan fingerprint density at radius 1 is 1.42 bits per heavy atom. The second-order valence-electron chi connectivity index (χ2n) is 4.10. The molecule has 2 N–H and O–H groups in total. The van der Waals surface area contributed by atoms with Gasteiger partial charge in [0, 0.05) is 47.2 Å². The van der Waals surface area contributed by atoms with E-state index in [2.05, 4.69) is 20.2 Å². The highest BCUT2D eigenvalue weighted by molar-refractivity contribution is 7.99. The average molecular weight is 335 g/mol. The van der Waals surface area contributed by atoms with Crippen LogP contribution < -0.4 is 5.73 Å². The van der Waals surface area contributed by atoms with E-state index in [9.17, 15) is 0 Å². The van der Waals surface area contributed by atoms with Crippen LogP contribution in [0.1, 0.15) is 15.9 Å². The van der Waals surface area contributed by atoms with Crippen molar-refractivity contribution in [1.29, 1.82) is 0 Å². The van der Waals surface area contributed by atoms with E-state index in [1.54, 1.807) is 22.7 Å². The Hall–Kier alpha value is -0.340. The molecule has 2 aromatic rings. The molecule has 0 amide bonds. The number of hydrogen-bond acceptors (Lipinski definition) is 7. The van der Waals surface area contributed by atoms with Crippen LogP contribution in [0.5, 0.6) is 0 Å². The van der Waals surface area contributed by atoms with Crippen molar-refractivity contribution >= 4 is 52.0 Å². The van der Waals surface area contributed by atoms with Crippen LogP contribution in [0.15, 0.2) is 17.8 Å². The first-order valence-corrected chi connectivity index (χ1v) is 8.59. The van der Waals surface area contributed by atoms with Crippen LogP contribution >= 0.6 is 46.8 Å². The van der Waals surface area contributed by atoms with E-state index in [1.165, 1.54) is 15.6 Å². The zero-order valence-electron chi connectivity index (χ0n) is 10.2. The van der Waals surface area contributed by atoms with Gasteiger partial charge in [-0.3, -0.25) is 4.90 Å². The quantitative estimate of drug-likeness (QED) is 0.935. The van der Waals surface area contributed by atoms with Crippen molar-refractivity contribution in [2.75, 3.05) is 23.8 Å². The number of hydrogen-bond donors (Lipinski definition) is 1. The highest BCUT2D eigenvalue weighted by atomic mass is 35.5. The molecule has 0 aromatic carbocycles. The summed E-state index contributed by atoms with van der Waals surface area (Å²) in [5, 5.41) is 3.93.